The Morgan fingerprint density at radius 1 is 1.46 bits per heavy atom. The highest BCUT2D eigenvalue weighted by Gasteiger charge is 2.09. The SMILES string of the molecule is CC(C)c1csc2c(N)ccnc12. The van der Waals surface area contributed by atoms with E-state index in [1.54, 1.807) is 17.5 Å². The summed E-state index contributed by atoms with van der Waals surface area (Å²) >= 11 is 1.68. The van der Waals surface area contributed by atoms with Crippen LogP contribution in [0.2, 0.25) is 0 Å². The van der Waals surface area contributed by atoms with Crippen LogP contribution in [-0.4, -0.2) is 4.98 Å². The average Bonchev–Trinajstić information content (AvgIpc) is 2.48. The van der Waals surface area contributed by atoms with E-state index < -0.39 is 0 Å². The van der Waals surface area contributed by atoms with Gasteiger partial charge in [-0.1, -0.05) is 13.8 Å². The molecule has 2 rings (SSSR count). The molecule has 13 heavy (non-hydrogen) atoms. The molecule has 0 saturated heterocycles. The third-order valence-electron chi connectivity index (χ3n) is 2.13. The van der Waals surface area contributed by atoms with Crippen LogP contribution in [0.4, 0.5) is 5.69 Å². The van der Waals surface area contributed by atoms with Gasteiger partial charge < -0.3 is 5.73 Å². The van der Waals surface area contributed by atoms with Gasteiger partial charge in [0, 0.05) is 6.20 Å². The number of hydrogen-bond donors (Lipinski definition) is 1. The molecule has 0 amide bonds. The summed E-state index contributed by atoms with van der Waals surface area (Å²) in [5.74, 6) is 0.517. The van der Waals surface area contributed by atoms with Crippen molar-refractivity contribution in [1.29, 1.82) is 0 Å². The van der Waals surface area contributed by atoms with Crippen LogP contribution in [0.5, 0.6) is 0 Å². The molecule has 2 heterocycles. The molecule has 0 bridgehead atoms. The maximum Gasteiger partial charge on any atom is 0.0865 e. The van der Waals surface area contributed by atoms with Crippen molar-refractivity contribution in [2.75, 3.05) is 5.73 Å². The van der Waals surface area contributed by atoms with E-state index in [2.05, 4.69) is 24.2 Å². The van der Waals surface area contributed by atoms with Crippen molar-refractivity contribution >= 4 is 27.2 Å². The molecule has 0 radical (unpaired) electrons. The first-order chi connectivity index (χ1) is 6.20. The molecule has 0 aliphatic carbocycles. The van der Waals surface area contributed by atoms with Crippen molar-refractivity contribution in [2.24, 2.45) is 0 Å². The molecule has 0 aromatic carbocycles. The lowest BCUT2D eigenvalue weighted by molar-refractivity contribution is 0.877. The highest BCUT2D eigenvalue weighted by Crippen LogP contribution is 2.32. The van der Waals surface area contributed by atoms with Gasteiger partial charge in [0.25, 0.3) is 0 Å². The molecule has 0 aliphatic rings. The normalized spacial score (nSPS) is 11.3. The van der Waals surface area contributed by atoms with E-state index >= 15 is 0 Å². The van der Waals surface area contributed by atoms with E-state index in [9.17, 15) is 0 Å². The van der Waals surface area contributed by atoms with Crippen LogP contribution in [0.1, 0.15) is 25.3 Å². The molecule has 0 unspecified atom stereocenters. The molecule has 0 saturated carbocycles. The molecule has 0 fully saturated rings. The number of nitrogens with zero attached hydrogens (tertiary/aromatic N) is 1. The van der Waals surface area contributed by atoms with Gasteiger partial charge in [-0.15, -0.1) is 11.3 Å². The number of aromatic nitrogens is 1. The van der Waals surface area contributed by atoms with Crippen molar-refractivity contribution in [2.45, 2.75) is 19.8 Å². The van der Waals surface area contributed by atoms with E-state index in [1.165, 1.54) is 5.56 Å². The average molecular weight is 192 g/mol. The Morgan fingerprint density at radius 3 is 2.92 bits per heavy atom. The van der Waals surface area contributed by atoms with Crippen molar-refractivity contribution in [3.05, 3.63) is 23.2 Å². The summed E-state index contributed by atoms with van der Waals surface area (Å²) in [6.45, 7) is 4.35. The number of hydrogen-bond acceptors (Lipinski definition) is 3. The van der Waals surface area contributed by atoms with Gasteiger partial charge in [-0.2, -0.15) is 0 Å². The Morgan fingerprint density at radius 2 is 2.23 bits per heavy atom. The number of fused-ring (bicyclic) bond motifs is 1. The summed E-state index contributed by atoms with van der Waals surface area (Å²) in [5.41, 5.74) is 9.04. The number of nitrogen functional groups attached to an aromatic ring is 1. The second kappa shape index (κ2) is 3.00. The third-order valence-corrected chi connectivity index (χ3v) is 3.17. The highest BCUT2D eigenvalue weighted by molar-refractivity contribution is 7.18. The molecule has 0 spiro atoms. The fraction of sp³-hybridized carbons (Fsp3) is 0.300. The first-order valence-corrected chi connectivity index (χ1v) is 5.19. The second-order valence-corrected chi connectivity index (χ2v) is 4.30. The first-order valence-electron chi connectivity index (χ1n) is 4.31. The number of anilines is 1. The van der Waals surface area contributed by atoms with Crippen LogP contribution in [0.3, 0.4) is 0 Å². The number of thiophene rings is 1. The summed E-state index contributed by atoms with van der Waals surface area (Å²) in [6.07, 6.45) is 1.77. The smallest absolute Gasteiger partial charge is 0.0865 e. The second-order valence-electron chi connectivity index (χ2n) is 3.42. The van der Waals surface area contributed by atoms with Crippen molar-refractivity contribution in [3.63, 3.8) is 0 Å². The Kier molecular flexibility index (Phi) is 1.96. The minimum Gasteiger partial charge on any atom is -0.397 e. The van der Waals surface area contributed by atoms with Gasteiger partial charge in [0.1, 0.15) is 0 Å². The van der Waals surface area contributed by atoms with Gasteiger partial charge >= 0.3 is 0 Å². The van der Waals surface area contributed by atoms with E-state index in [0.29, 0.717) is 5.92 Å². The van der Waals surface area contributed by atoms with Gasteiger partial charge in [-0.05, 0) is 22.9 Å². The quantitative estimate of drug-likeness (QED) is 0.754. The molecule has 0 atom stereocenters. The number of pyridine rings is 1. The molecule has 0 aliphatic heterocycles. The molecule has 3 heteroatoms. The van der Waals surface area contributed by atoms with Gasteiger partial charge in [-0.25, -0.2) is 0 Å². The van der Waals surface area contributed by atoms with Crippen LogP contribution in [-0.2, 0) is 0 Å². The molecular formula is C10H12N2S. The fourth-order valence-electron chi connectivity index (χ4n) is 1.38. The van der Waals surface area contributed by atoms with E-state index in [-0.39, 0.29) is 0 Å². The molecule has 2 nitrogen and oxygen atoms in total. The fourth-order valence-corrected chi connectivity index (χ4v) is 2.50. The summed E-state index contributed by atoms with van der Waals surface area (Å²) in [5, 5.41) is 2.15. The number of nitrogens with two attached hydrogens (primary N) is 1. The zero-order valence-corrected chi connectivity index (χ0v) is 8.56. The maximum atomic E-state index is 5.84. The molecule has 2 N–H and O–H groups in total. The Balaban J connectivity index is 2.75. The predicted octanol–water partition coefficient (Wildman–Crippen LogP) is 3.00. The van der Waals surface area contributed by atoms with Crippen LogP contribution >= 0.6 is 11.3 Å². The zero-order chi connectivity index (χ0) is 9.42. The predicted molar refractivity (Wildman–Crippen MR) is 58.1 cm³/mol. The van der Waals surface area contributed by atoms with E-state index in [4.69, 9.17) is 5.73 Å². The molecule has 2 aromatic rings. The molecule has 68 valence electrons. The zero-order valence-electron chi connectivity index (χ0n) is 7.74. The maximum absolute atomic E-state index is 5.84. The van der Waals surface area contributed by atoms with E-state index in [0.717, 1.165) is 15.9 Å². The minimum atomic E-state index is 0.517. The van der Waals surface area contributed by atoms with Gasteiger partial charge in [0.05, 0.1) is 15.9 Å². The summed E-state index contributed by atoms with van der Waals surface area (Å²) in [4.78, 5) is 4.35. The molecular weight excluding hydrogens is 180 g/mol. The van der Waals surface area contributed by atoms with Gasteiger partial charge in [-0.3, -0.25) is 4.98 Å². The third kappa shape index (κ3) is 1.29. The largest absolute Gasteiger partial charge is 0.397 e. The lowest BCUT2D eigenvalue weighted by Crippen LogP contribution is -1.89. The van der Waals surface area contributed by atoms with Gasteiger partial charge in [0.15, 0.2) is 0 Å². The summed E-state index contributed by atoms with van der Waals surface area (Å²) in [6, 6.07) is 1.85. The minimum absolute atomic E-state index is 0.517. The van der Waals surface area contributed by atoms with E-state index in [1.807, 2.05) is 6.07 Å². The Hall–Kier alpha value is -1.09. The monoisotopic (exact) mass is 192 g/mol. The van der Waals surface area contributed by atoms with Crippen LogP contribution < -0.4 is 5.73 Å². The van der Waals surface area contributed by atoms with Crippen molar-refractivity contribution in [1.82, 2.24) is 4.98 Å². The Bertz CT molecular complexity index is 431. The lowest BCUT2D eigenvalue weighted by atomic mass is 10.1. The summed E-state index contributed by atoms with van der Waals surface area (Å²) < 4.78 is 1.12. The van der Waals surface area contributed by atoms with Crippen LogP contribution in [0.15, 0.2) is 17.6 Å². The highest BCUT2D eigenvalue weighted by atomic mass is 32.1. The van der Waals surface area contributed by atoms with Crippen molar-refractivity contribution < 1.29 is 0 Å². The topological polar surface area (TPSA) is 38.9 Å². The van der Waals surface area contributed by atoms with Crippen LogP contribution in [0, 0.1) is 0 Å². The standard InChI is InChI=1S/C10H12N2S/c1-6(2)7-5-13-10-8(11)3-4-12-9(7)10/h3-6H,1-2H3,(H2,11,12). The number of rotatable bonds is 1. The Labute approximate surface area is 81.4 Å². The lowest BCUT2D eigenvalue weighted by Gasteiger charge is -2.01. The van der Waals surface area contributed by atoms with Gasteiger partial charge in [0.2, 0.25) is 0 Å². The van der Waals surface area contributed by atoms with Crippen LogP contribution in [0.25, 0.3) is 10.2 Å². The first kappa shape index (κ1) is 8.51. The molecule has 2 aromatic heterocycles. The summed E-state index contributed by atoms with van der Waals surface area (Å²) in [7, 11) is 0. The van der Waals surface area contributed by atoms with Crippen molar-refractivity contribution in [3.8, 4) is 0 Å².